The van der Waals surface area contributed by atoms with Crippen LogP contribution in [0.1, 0.15) is 17.2 Å². The summed E-state index contributed by atoms with van der Waals surface area (Å²) in [5, 5.41) is 13.5. The van der Waals surface area contributed by atoms with Gasteiger partial charge in [-0.05, 0) is 35.4 Å². The highest BCUT2D eigenvalue weighted by Crippen LogP contribution is 2.18. The number of halogens is 1. The maximum absolute atomic E-state index is 9.51. The largest absolute Gasteiger partial charge is 0.497 e. The fraction of sp³-hybridized carbons (Fsp3) is 0.250. The van der Waals surface area contributed by atoms with Crippen molar-refractivity contribution in [2.75, 3.05) is 13.7 Å². The van der Waals surface area contributed by atoms with Gasteiger partial charge in [-0.15, -0.1) is 0 Å². The quantitative estimate of drug-likeness (QED) is 0.859. The van der Waals surface area contributed by atoms with E-state index in [2.05, 4.69) is 5.32 Å². The van der Waals surface area contributed by atoms with Gasteiger partial charge in [-0.3, -0.25) is 0 Å². The van der Waals surface area contributed by atoms with Crippen molar-refractivity contribution in [2.45, 2.75) is 12.6 Å². The van der Waals surface area contributed by atoms with Crippen molar-refractivity contribution in [2.24, 2.45) is 0 Å². The van der Waals surface area contributed by atoms with Crippen molar-refractivity contribution in [1.82, 2.24) is 5.32 Å². The molecule has 0 aliphatic carbocycles. The van der Waals surface area contributed by atoms with Gasteiger partial charge in [-0.1, -0.05) is 35.9 Å². The predicted molar refractivity (Wildman–Crippen MR) is 81.1 cm³/mol. The number of ether oxygens (including phenoxy) is 1. The molecule has 0 amide bonds. The topological polar surface area (TPSA) is 41.5 Å². The maximum atomic E-state index is 9.51. The highest BCUT2D eigenvalue weighted by Gasteiger charge is 2.09. The SMILES string of the molecule is COc1cccc(CNC(CO)c2ccc(Cl)cc2)c1. The Balaban J connectivity index is 2.01. The maximum Gasteiger partial charge on any atom is 0.119 e. The first-order chi connectivity index (χ1) is 9.72. The molecule has 2 aromatic carbocycles. The van der Waals surface area contributed by atoms with Gasteiger partial charge in [-0.2, -0.15) is 0 Å². The summed E-state index contributed by atoms with van der Waals surface area (Å²) in [4.78, 5) is 0. The molecule has 2 rings (SSSR count). The number of methoxy groups -OCH3 is 1. The molecule has 2 aromatic rings. The van der Waals surface area contributed by atoms with Gasteiger partial charge < -0.3 is 15.2 Å². The first-order valence-electron chi connectivity index (χ1n) is 6.45. The fourth-order valence-corrected chi connectivity index (χ4v) is 2.13. The van der Waals surface area contributed by atoms with E-state index >= 15 is 0 Å². The van der Waals surface area contributed by atoms with Gasteiger partial charge in [0.15, 0.2) is 0 Å². The highest BCUT2D eigenvalue weighted by atomic mass is 35.5. The molecule has 0 aliphatic rings. The van der Waals surface area contributed by atoms with E-state index in [0.717, 1.165) is 16.9 Å². The molecule has 1 atom stereocenters. The molecule has 0 aliphatic heterocycles. The third-order valence-electron chi connectivity index (χ3n) is 3.14. The van der Waals surface area contributed by atoms with Crippen LogP contribution in [0.5, 0.6) is 5.75 Å². The zero-order valence-corrected chi connectivity index (χ0v) is 12.1. The Hall–Kier alpha value is -1.55. The van der Waals surface area contributed by atoms with E-state index in [4.69, 9.17) is 16.3 Å². The summed E-state index contributed by atoms with van der Waals surface area (Å²) in [6.07, 6.45) is 0. The van der Waals surface area contributed by atoms with Crippen LogP contribution in [0.15, 0.2) is 48.5 Å². The van der Waals surface area contributed by atoms with Gasteiger partial charge in [-0.25, -0.2) is 0 Å². The minimum atomic E-state index is -0.113. The summed E-state index contributed by atoms with van der Waals surface area (Å²) in [6, 6.07) is 15.2. The summed E-state index contributed by atoms with van der Waals surface area (Å²) < 4.78 is 5.19. The molecule has 0 bridgehead atoms. The fourth-order valence-electron chi connectivity index (χ4n) is 2.01. The van der Waals surface area contributed by atoms with Crippen LogP contribution in [0.3, 0.4) is 0 Å². The van der Waals surface area contributed by atoms with Crippen LogP contribution in [0, 0.1) is 0 Å². The van der Waals surface area contributed by atoms with Crippen molar-refractivity contribution in [3.63, 3.8) is 0 Å². The lowest BCUT2D eigenvalue weighted by Gasteiger charge is -2.17. The Labute approximate surface area is 124 Å². The van der Waals surface area contributed by atoms with Gasteiger partial charge in [0.1, 0.15) is 5.75 Å². The monoisotopic (exact) mass is 291 g/mol. The number of hydrogen-bond acceptors (Lipinski definition) is 3. The van der Waals surface area contributed by atoms with Crippen molar-refractivity contribution in [1.29, 1.82) is 0 Å². The molecule has 106 valence electrons. The van der Waals surface area contributed by atoms with Crippen LogP contribution in [0.2, 0.25) is 5.02 Å². The lowest BCUT2D eigenvalue weighted by molar-refractivity contribution is 0.243. The summed E-state index contributed by atoms with van der Waals surface area (Å²) in [5.41, 5.74) is 2.12. The van der Waals surface area contributed by atoms with Crippen molar-refractivity contribution >= 4 is 11.6 Å². The molecule has 0 radical (unpaired) electrons. The van der Waals surface area contributed by atoms with Crippen LogP contribution < -0.4 is 10.1 Å². The van der Waals surface area contributed by atoms with Crippen molar-refractivity contribution in [3.8, 4) is 5.75 Å². The smallest absolute Gasteiger partial charge is 0.119 e. The predicted octanol–water partition coefficient (Wildman–Crippen LogP) is 3.17. The molecule has 0 fully saturated rings. The van der Waals surface area contributed by atoms with E-state index in [1.165, 1.54) is 0 Å². The van der Waals surface area contributed by atoms with E-state index in [9.17, 15) is 5.11 Å². The zero-order valence-electron chi connectivity index (χ0n) is 11.3. The van der Waals surface area contributed by atoms with Gasteiger partial charge in [0.2, 0.25) is 0 Å². The van der Waals surface area contributed by atoms with Crippen LogP contribution in [0.25, 0.3) is 0 Å². The molecular weight excluding hydrogens is 274 g/mol. The Bertz CT molecular complexity index is 542. The molecule has 0 saturated carbocycles. The van der Waals surface area contributed by atoms with E-state index in [-0.39, 0.29) is 12.6 Å². The third kappa shape index (κ3) is 3.97. The van der Waals surface area contributed by atoms with Crippen LogP contribution >= 0.6 is 11.6 Å². The number of rotatable bonds is 6. The van der Waals surface area contributed by atoms with Gasteiger partial charge in [0.05, 0.1) is 19.8 Å². The number of aliphatic hydroxyl groups is 1. The standard InChI is InChI=1S/C16H18ClNO2/c1-20-15-4-2-3-12(9-15)10-18-16(11-19)13-5-7-14(17)8-6-13/h2-9,16,18-19H,10-11H2,1H3. The molecule has 1 unspecified atom stereocenters. The number of hydrogen-bond donors (Lipinski definition) is 2. The Morgan fingerprint density at radius 3 is 2.60 bits per heavy atom. The van der Waals surface area contributed by atoms with Crippen LogP contribution in [0.4, 0.5) is 0 Å². The molecule has 0 heterocycles. The van der Waals surface area contributed by atoms with Gasteiger partial charge in [0, 0.05) is 11.6 Å². The number of benzene rings is 2. The minimum absolute atomic E-state index is 0.0333. The van der Waals surface area contributed by atoms with Gasteiger partial charge >= 0.3 is 0 Å². The Morgan fingerprint density at radius 2 is 1.95 bits per heavy atom. The third-order valence-corrected chi connectivity index (χ3v) is 3.39. The van der Waals surface area contributed by atoms with Gasteiger partial charge in [0.25, 0.3) is 0 Å². The molecule has 0 spiro atoms. The molecule has 0 saturated heterocycles. The summed E-state index contributed by atoms with van der Waals surface area (Å²) >= 11 is 5.87. The average Bonchev–Trinajstić information content (AvgIpc) is 2.50. The molecule has 3 nitrogen and oxygen atoms in total. The van der Waals surface area contributed by atoms with E-state index < -0.39 is 0 Å². The second-order valence-corrected chi connectivity index (χ2v) is 4.96. The van der Waals surface area contributed by atoms with E-state index in [0.29, 0.717) is 11.6 Å². The Morgan fingerprint density at radius 1 is 1.20 bits per heavy atom. The van der Waals surface area contributed by atoms with E-state index in [1.807, 2.05) is 48.5 Å². The van der Waals surface area contributed by atoms with E-state index in [1.54, 1.807) is 7.11 Å². The minimum Gasteiger partial charge on any atom is -0.497 e. The van der Waals surface area contributed by atoms with Crippen LogP contribution in [-0.4, -0.2) is 18.8 Å². The lowest BCUT2D eigenvalue weighted by Crippen LogP contribution is -2.23. The Kier molecular flexibility index (Phi) is 5.41. The molecule has 2 N–H and O–H groups in total. The highest BCUT2D eigenvalue weighted by molar-refractivity contribution is 6.30. The summed E-state index contributed by atoms with van der Waals surface area (Å²) in [7, 11) is 1.65. The first kappa shape index (κ1) is 14.9. The molecular formula is C16H18ClNO2. The lowest BCUT2D eigenvalue weighted by atomic mass is 10.1. The first-order valence-corrected chi connectivity index (χ1v) is 6.83. The summed E-state index contributed by atoms with van der Waals surface area (Å²) in [6.45, 7) is 0.691. The molecule has 20 heavy (non-hydrogen) atoms. The van der Waals surface area contributed by atoms with Crippen molar-refractivity contribution in [3.05, 3.63) is 64.7 Å². The summed E-state index contributed by atoms with van der Waals surface area (Å²) in [5.74, 6) is 0.830. The normalized spacial score (nSPS) is 12.2. The van der Waals surface area contributed by atoms with Crippen molar-refractivity contribution < 1.29 is 9.84 Å². The molecule has 0 aromatic heterocycles. The van der Waals surface area contributed by atoms with Crippen LogP contribution in [-0.2, 0) is 6.54 Å². The zero-order chi connectivity index (χ0) is 14.4. The second kappa shape index (κ2) is 7.29. The average molecular weight is 292 g/mol. The number of nitrogens with one attached hydrogen (secondary N) is 1. The second-order valence-electron chi connectivity index (χ2n) is 4.52. The number of aliphatic hydroxyl groups excluding tert-OH is 1. The molecule has 4 heteroatoms.